The Hall–Kier alpha value is -0.860. The van der Waals surface area contributed by atoms with Crippen molar-refractivity contribution in [3.8, 4) is 0 Å². The van der Waals surface area contributed by atoms with Crippen LogP contribution in [0.15, 0.2) is 36.5 Å². The molecule has 0 aromatic carbocycles. The normalized spacial score (nSPS) is 24.8. The first-order valence-corrected chi connectivity index (χ1v) is 10.2. The molecule has 1 atom stereocenters. The van der Waals surface area contributed by atoms with Crippen LogP contribution in [-0.2, 0) is 0 Å². The Labute approximate surface area is 156 Å². The molecule has 0 aromatic heterocycles. The van der Waals surface area contributed by atoms with Crippen LogP contribution in [-0.4, -0.2) is 48.6 Å². The minimum absolute atomic E-state index is 0.281. The lowest BCUT2D eigenvalue weighted by Crippen LogP contribution is -2.53. The molecule has 2 saturated heterocycles. The molecule has 0 N–H and O–H groups in total. The van der Waals surface area contributed by atoms with Gasteiger partial charge in [0.25, 0.3) is 0 Å². The van der Waals surface area contributed by atoms with Crippen molar-refractivity contribution in [3.05, 3.63) is 36.5 Å². The minimum Gasteiger partial charge on any atom is -0.306 e. The molecule has 2 heterocycles. The van der Waals surface area contributed by atoms with Crippen molar-refractivity contribution in [2.75, 3.05) is 33.2 Å². The molecule has 0 saturated carbocycles. The van der Waals surface area contributed by atoms with Gasteiger partial charge in [-0.15, -0.1) is 0 Å². The highest BCUT2D eigenvalue weighted by Crippen LogP contribution is 2.43. The first-order chi connectivity index (χ1) is 11.8. The van der Waals surface area contributed by atoms with Gasteiger partial charge in [0.15, 0.2) is 0 Å². The second-order valence-electron chi connectivity index (χ2n) is 9.24. The van der Waals surface area contributed by atoms with Crippen LogP contribution >= 0.6 is 0 Å². The van der Waals surface area contributed by atoms with E-state index in [4.69, 9.17) is 0 Å². The van der Waals surface area contributed by atoms with Crippen molar-refractivity contribution in [2.24, 2.45) is 11.3 Å². The highest BCUT2D eigenvalue weighted by Gasteiger charge is 2.40. The average molecular weight is 345 g/mol. The molecule has 2 aliphatic heterocycles. The van der Waals surface area contributed by atoms with Crippen molar-refractivity contribution in [1.82, 2.24) is 9.80 Å². The van der Waals surface area contributed by atoms with Gasteiger partial charge in [0.2, 0.25) is 0 Å². The predicted octanol–water partition coefficient (Wildman–Crippen LogP) is 5.29. The van der Waals surface area contributed by atoms with Crippen LogP contribution in [0.4, 0.5) is 0 Å². The fraction of sp³-hybridized carbons (Fsp3) is 0.739. The van der Waals surface area contributed by atoms with Gasteiger partial charge >= 0.3 is 0 Å². The third-order valence-electron chi connectivity index (χ3n) is 6.92. The van der Waals surface area contributed by atoms with Crippen LogP contribution in [0.1, 0.15) is 59.8 Å². The lowest BCUT2D eigenvalue weighted by Gasteiger charge is -2.50. The van der Waals surface area contributed by atoms with Crippen molar-refractivity contribution < 1.29 is 0 Å². The van der Waals surface area contributed by atoms with Gasteiger partial charge in [0, 0.05) is 5.54 Å². The van der Waals surface area contributed by atoms with E-state index in [1.807, 2.05) is 12.2 Å². The quantitative estimate of drug-likeness (QED) is 0.604. The van der Waals surface area contributed by atoms with Crippen molar-refractivity contribution in [3.63, 3.8) is 0 Å². The maximum absolute atomic E-state index is 3.74. The van der Waals surface area contributed by atoms with Gasteiger partial charge in [-0.25, -0.2) is 0 Å². The van der Waals surface area contributed by atoms with E-state index in [9.17, 15) is 0 Å². The summed E-state index contributed by atoms with van der Waals surface area (Å²) < 4.78 is 0. The van der Waals surface area contributed by atoms with Crippen molar-refractivity contribution >= 4 is 0 Å². The highest BCUT2D eigenvalue weighted by atomic mass is 15.2. The topological polar surface area (TPSA) is 6.48 Å². The first-order valence-electron chi connectivity index (χ1n) is 10.2. The Morgan fingerprint density at radius 2 is 1.64 bits per heavy atom. The second kappa shape index (κ2) is 8.68. The third kappa shape index (κ3) is 5.56. The molecule has 0 aliphatic carbocycles. The third-order valence-corrected chi connectivity index (χ3v) is 6.92. The van der Waals surface area contributed by atoms with Gasteiger partial charge in [-0.1, -0.05) is 43.4 Å². The number of nitrogens with zero attached hydrogens (tertiary/aromatic N) is 2. The zero-order valence-electron chi connectivity index (χ0n) is 17.4. The summed E-state index contributed by atoms with van der Waals surface area (Å²) in [7, 11) is 2.27. The zero-order chi connectivity index (χ0) is 18.5. The molecule has 0 radical (unpaired) electrons. The standard InChI is InChI=1S/C23H40N2/c1-7-8-9-10-20(2)21(3)19-22(4,5)25-17-13-23(14-18-25)11-15-24(6)16-12-23/h7-10,21H,1,11-19H2,2-6H3. The van der Waals surface area contributed by atoms with Crippen LogP contribution in [0.2, 0.25) is 0 Å². The van der Waals surface area contributed by atoms with E-state index in [1.165, 1.54) is 63.9 Å². The van der Waals surface area contributed by atoms with Gasteiger partial charge in [-0.05, 0) is 97.4 Å². The highest BCUT2D eigenvalue weighted by molar-refractivity contribution is 5.16. The Morgan fingerprint density at radius 3 is 2.20 bits per heavy atom. The molecule has 142 valence electrons. The molecular weight excluding hydrogens is 304 g/mol. The molecule has 0 amide bonds. The van der Waals surface area contributed by atoms with E-state index in [-0.39, 0.29) is 5.54 Å². The van der Waals surface area contributed by atoms with Crippen LogP contribution in [0.25, 0.3) is 0 Å². The maximum atomic E-state index is 3.74. The summed E-state index contributed by atoms with van der Waals surface area (Å²) >= 11 is 0. The first kappa shape index (κ1) is 20.5. The van der Waals surface area contributed by atoms with E-state index >= 15 is 0 Å². The van der Waals surface area contributed by atoms with Gasteiger partial charge in [-0.3, -0.25) is 4.90 Å². The van der Waals surface area contributed by atoms with Gasteiger partial charge in [-0.2, -0.15) is 0 Å². The fourth-order valence-electron chi connectivity index (χ4n) is 4.67. The number of piperidine rings is 2. The fourth-order valence-corrected chi connectivity index (χ4v) is 4.67. The molecule has 25 heavy (non-hydrogen) atoms. The van der Waals surface area contributed by atoms with Crippen LogP contribution in [0.3, 0.4) is 0 Å². The van der Waals surface area contributed by atoms with Gasteiger partial charge in [0.05, 0.1) is 0 Å². The summed E-state index contributed by atoms with van der Waals surface area (Å²) in [4.78, 5) is 5.26. The Bertz CT molecular complexity index is 482. The van der Waals surface area contributed by atoms with Gasteiger partial charge in [0.1, 0.15) is 0 Å². The number of allylic oxidation sites excluding steroid dienone is 5. The number of hydrogen-bond acceptors (Lipinski definition) is 2. The van der Waals surface area contributed by atoms with E-state index in [2.05, 4.69) is 63.3 Å². The molecular formula is C23H40N2. The summed E-state index contributed by atoms with van der Waals surface area (Å²) in [5, 5.41) is 0. The summed E-state index contributed by atoms with van der Waals surface area (Å²) in [5.41, 5.74) is 2.40. The molecule has 2 heteroatoms. The molecule has 1 unspecified atom stereocenters. The number of hydrogen-bond donors (Lipinski definition) is 0. The van der Waals surface area contributed by atoms with Crippen molar-refractivity contribution in [2.45, 2.75) is 65.3 Å². The smallest absolute Gasteiger partial charge is 0.0158 e. The molecule has 2 aliphatic rings. The Morgan fingerprint density at radius 1 is 1.08 bits per heavy atom. The number of rotatable bonds is 6. The van der Waals surface area contributed by atoms with Gasteiger partial charge < -0.3 is 4.90 Å². The summed E-state index contributed by atoms with van der Waals surface area (Å²) in [5.74, 6) is 0.615. The number of likely N-dealkylation sites (tertiary alicyclic amines) is 2. The van der Waals surface area contributed by atoms with Crippen molar-refractivity contribution in [1.29, 1.82) is 0 Å². The summed E-state index contributed by atoms with van der Waals surface area (Å²) in [6.07, 6.45) is 15.0. The Kier molecular flexibility index (Phi) is 7.10. The SMILES string of the molecule is C=CC=CC=C(C)C(C)CC(C)(C)N1CCC2(CCN(C)CC2)CC1. The Balaban J connectivity index is 1.89. The maximum Gasteiger partial charge on any atom is 0.0158 e. The second-order valence-corrected chi connectivity index (χ2v) is 9.24. The summed E-state index contributed by atoms with van der Waals surface area (Å²) in [6.45, 7) is 18.4. The van der Waals surface area contributed by atoms with E-state index in [1.54, 1.807) is 0 Å². The van der Waals surface area contributed by atoms with E-state index < -0.39 is 0 Å². The molecule has 2 fully saturated rings. The lowest BCUT2D eigenvalue weighted by molar-refractivity contribution is -0.00335. The minimum atomic E-state index is 0.281. The van der Waals surface area contributed by atoms with Crippen LogP contribution < -0.4 is 0 Å². The lowest BCUT2D eigenvalue weighted by atomic mass is 9.70. The van der Waals surface area contributed by atoms with E-state index in [0.29, 0.717) is 11.3 Å². The molecule has 0 bridgehead atoms. The average Bonchev–Trinajstić information content (AvgIpc) is 2.58. The largest absolute Gasteiger partial charge is 0.306 e. The summed E-state index contributed by atoms with van der Waals surface area (Å²) in [6, 6.07) is 0. The molecule has 2 rings (SSSR count). The van der Waals surface area contributed by atoms with E-state index in [0.717, 1.165) is 0 Å². The predicted molar refractivity (Wildman–Crippen MR) is 111 cm³/mol. The van der Waals surface area contributed by atoms with Crippen LogP contribution in [0, 0.1) is 11.3 Å². The molecule has 2 nitrogen and oxygen atoms in total. The molecule has 0 aromatic rings. The van der Waals surface area contributed by atoms with Crippen LogP contribution in [0.5, 0.6) is 0 Å². The zero-order valence-corrected chi connectivity index (χ0v) is 17.4. The molecule has 1 spiro atoms. The monoisotopic (exact) mass is 344 g/mol.